The van der Waals surface area contributed by atoms with Crippen LogP contribution in [0.2, 0.25) is 0 Å². The summed E-state index contributed by atoms with van der Waals surface area (Å²) in [7, 11) is 0. The summed E-state index contributed by atoms with van der Waals surface area (Å²) in [6.07, 6.45) is 3.24. The van der Waals surface area contributed by atoms with Gasteiger partial charge >= 0.3 is 0 Å². The number of nitrogens with zero attached hydrogens (tertiary/aromatic N) is 3. The number of nitrogens with one attached hydrogen (secondary N) is 1. The molecule has 3 heterocycles. The maximum Gasteiger partial charge on any atom is 0.289 e. The molecule has 29 heavy (non-hydrogen) atoms. The summed E-state index contributed by atoms with van der Waals surface area (Å²) in [4.78, 5) is 40.9. The third-order valence-corrected chi connectivity index (χ3v) is 5.07. The van der Waals surface area contributed by atoms with Gasteiger partial charge < -0.3 is 14.2 Å². The zero-order chi connectivity index (χ0) is 20.4. The van der Waals surface area contributed by atoms with E-state index in [9.17, 15) is 14.4 Å². The maximum absolute atomic E-state index is 12.9. The fourth-order valence-electron chi connectivity index (χ4n) is 3.39. The van der Waals surface area contributed by atoms with Gasteiger partial charge in [-0.2, -0.15) is 0 Å². The number of hydrogen-bond acceptors (Lipinski definition) is 5. The van der Waals surface area contributed by atoms with Crippen LogP contribution in [0.25, 0.3) is 0 Å². The van der Waals surface area contributed by atoms with Crippen molar-refractivity contribution < 1.29 is 18.8 Å². The van der Waals surface area contributed by atoms with E-state index in [1.807, 2.05) is 31.2 Å². The number of aryl methyl sites for hydroxylation is 1. The van der Waals surface area contributed by atoms with Crippen LogP contribution in [0.4, 0.5) is 5.69 Å². The lowest BCUT2D eigenvalue weighted by molar-refractivity contribution is -0.129. The van der Waals surface area contributed by atoms with Crippen LogP contribution in [0, 0.1) is 6.92 Å². The molecule has 0 bridgehead atoms. The van der Waals surface area contributed by atoms with E-state index in [2.05, 4.69) is 5.43 Å². The quantitative estimate of drug-likeness (QED) is 0.856. The highest BCUT2D eigenvalue weighted by Gasteiger charge is 2.30. The third kappa shape index (κ3) is 3.87. The van der Waals surface area contributed by atoms with E-state index in [4.69, 9.17) is 4.42 Å². The smallest absolute Gasteiger partial charge is 0.289 e. The Morgan fingerprint density at radius 2 is 1.62 bits per heavy atom. The van der Waals surface area contributed by atoms with Gasteiger partial charge in [-0.25, -0.2) is 5.01 Å². The molecule has 1 aromatic heterocycles. The van der Waals surface area contributed by atoms with E-state index >= 15 is 0 Å². The number of amides is 3. The molecule has 0 radical (unpaired) electrons. The lowest BCUT2D eigenvalue weighted by atomic mass is 10.2. The topological polar surface area (TPSA) is 86.1 Å². The van der Waals surface area contributed by atoms with Gasteiger partial charge in [-0.1, -0.05) is 17.7 Å². The van der Waals surface area contributed by atoms with Crippen molar-refractivity contribution in [2.75, 3.05) is 31.2 Å². The molecule has 0 atom stereocenters. The summed E-state index contributed by atoms with van der Waals surface area (Å²) in [5.41, 5.74) is 5.10. The first-order valence-electron chi connectivity index (χ1n) is 9.51. The van der Waals surface area contributed by atoms with Crippen LogP contribution >= 0.6 is 0 Å². The fraction of sp³-hybridized carbons (Fsp3) is 0.286. The Bertz CT molecular complexity index is 942. The fourth-order valence-corrected chi connectivity index (χ4v) is 3.39. The SMILES string of the molecule is Cc1ccc(N2NC(C(=O)N3CCN(C(=O)c4ccco4)CC3)=CCC2=O)cc1. The first-order chi connectivity index (χ1) is 14.0. The van der Waals surface area contributed by atoms with Gasteiger partial charge in [-0.3, -0.25) is 19.8 Å². The Labute approximate surface area is 168 Å². The Kier molecular flexibility index (Phi) is 5.07. The van der Waals surface area contributed by atoms with Crippen LogP contribution in [-0.2, 0) is 9.59 Å². The largest absolute Gasteiger partial charge is 0.459 e. The minimum Gasteiger partial charge on any atom is -0.459 e. The molecule has 2 aromatic rings. The third-order valence-electron chi connectivity index (χ3n) is 5.07. The molecule has 0 saturated carbocycles. The minimum atomic E-state index is -0.181. The second-order valence-corrected chi connectivity index (χ2v) is 7.06. The van der Waals surface area contributed by atoms with Crippen LogP contribution in [0.3, 0.4) is 0 Å². The first-order valence-corrected chi connectivity index (χ1v) is 9.51. The Morgan fingerprint density at radius 3 is 2.24 bits per heavy atom. The molecule has 150 valence electrons. The number of hydrogen-bond donors (Lipinski definition) is 1. The number of benzene rings is 1. The molecule has 8 heteroatoms. The number of carbonyl (C=O) groups excluding carboxylic acids is 3. The first kappa shape index (κ1) is 18.8. The summed E-state index contributed by atoms with van der Waals surface area (Å²) in [6, 6.07) is 10.8. The van der Waals surface area contributed by atoms with Crippen LogP contribution < -0.4 is 10.4 Å². The molecule has 2 aliphatic rings. The van der Waals surface area contributed by atoms with Gasteiger partial charge in [-0.05, 0) is 37.3 Å². The van der Waals surface area contributed by atoms with E-state index in [0.717, 1.165) is 5.56 Å². The van der Waals surface area contributed by atoms with Crippen molar-refractivity contribution in [1.29, 1.82) is 0 Å². The van der Waals surface area contributed by atoms with E-state index in [0.29, 0.717) is 43.3 Å². The van der Waals surface area contributed by atoms with E-state index in [1.165, 1.54) is 11.3 Å². The van der Waals surface area contributed by atoms with E-state index < -0.39 is 0 Å². The summed E-state index contributed by atoms with van der Waals surface area (Å²) in [6.45, 7) is 3.67. The Morgan fingerprint density at radius 1 is 0.966 bits per heavy atom. The lowest BCUT2D eigenvalue weighted by Crippen LogP contribution is -2.54. The van der Waals surface area contributed by atoms with Crippen molar-refractivity contribution in [2.45, 2.75) is 13.3 Å². The number of anilines is 1. The van der Waals surface area contributed by atoms with Gasteiger partial charge in [0.25, 0.3) is 11.8 Å². The average Bonchev–Trinajstić information content (AvgIpc) is 3.29. The number of furan rings is 1. The van der Waals surface area contributed by atoms with Gasteiger partial charge in [0, 0.05) is 32.6 Å². The molecule has 1 fully saturated rings. The van der Waals surface area contributed by atoms with Crippen molar-refractivity contribution in [2.24, 2.45) is 0 Å². The number of rotatable bonds is 3. The van der Waals surface area contributed by atoms with E-state index in [-0.39, 0.29) is 24.1 Å². The monoisotopic (exact) mass is 394 g/mol. The van der Waals surface area contributed by atoms with E-state index in [1.54, 1.807) is 28.0 Å². The number of hydrazine groups is 1. The highest BCUT2D eigenvalue weighted by atomic mass is 16.3. The molecule has 1 aromatic carbocycles. The van der Waals surface area contributed by atoms with Gasteiger partial charge in [-0.15, -0.1) is 0 Å². The zero-order valence-corrected chi connectivity index (χ0v) is 16.1. The molecule has 0 spiro atoms. The second kappa shape index (κ2) is 7.83. The van der Waals surface area contributed by atoms with Crippen LogP contribution in [-0.4, -0.2) is 53.7 Å². The van der Waals surface area contributed by atoms with Crippen molar-refractivity contribution >= 4 is 23.4 Å². The Balaban J connectivity index is 1.39. The van der Waals surface area contributed by atoms with Crippen molar-refractivity contribution in [3.63, 3.8) is 0 Å². The molecule has 1 saturated heterocycles. The lowest BCUT2D eigenvalue weighted by Gasteiger charge is -2.36. The molecular weight excluding hydrogens is 372 g/mol. The molecule has 0 unspecified atom stereocenters. The van der Waals surface area contributed by atoms with Crippen molar-refractivity contribution in [1.82, 2.24) is 15.2 Å². The molecule has 8 nitrogen and oxygen atoms in total. The van der Waals surface area contributed by atoms with Gasteiger partial charge in [0.2, 0.25) is 5.91 Å². The molecule has 2 aliphatic heterocycles. The number of piperazine rings is 1. The standard InChI is InChI=1S/C21H22N4O4/c1-15-4-6-16(7-5-15)25-19(26)9-8-17(22-25)20(27)23-10-12-24(13-11-23)21(28)18-3-2-14-29-18/h2-8,14,22H,9-13H2,1H3. The van der Waals surface area contributed by atoms with Gasteiger partial charge in [0.1, 0.15) is 5.70 Å². The van der Waals surface area contributed by atoms with Crippen molar-refractivity contribution in [3.05, 3.63) is 65.8 Å². The number of carbonyl (C=O) groups is 3. The second-order valence-electron chi connectivity index (χ2n) is 7.06. The van der Waals surface area contributed by atoms with Crippen LogP contribution in [0.1, 0.15) is 22.5 Å². The average molecular weight is 394 g/mol. The summed E-state index contributed by atoms with van der Waals surface area (Å²) < 4.78 is 5.16. The predicted molar refractivity (Wildman–Crippen MR) is 106 cm³/mol. The van der Waals surface area contributed by atoms with Gasteiger partial charge in [0.05, 0.1) is 12.0 Å². The minimum absolute atomic E-state index is 0.126. The van der Waals surface area contributed by atoms with Crippen molar-refractivity contribution in [3.8, 4) is 0 Å². The summed E-state index contributed by atoms with van der Waals surface area (Å²) in [5, 5.41) is 1.41. The predicted octanol–water partition coefficient (Wildman–Crippen LogP) is 1.70. The normalized spacial score (nSPS) is 17.1. The highest BCUT2D eigenvalue weighted by molar-refractivity contribution is 6.01. The molecule has 1 N–H and O–H groups in total. The van der Waals surface area contributed by atoms with Gasteiger partial charge in [0.15, 0.2) is 5.76 Å². The molecule has 0 aliphatic carbocycles. The zero-order valence-electron chi connectivity index (χ0n) is 16.1. The summed E-state index contributed by atoms with van der Waals surface area (Å²) in [5.74, 6) is -0.180. The molecule has 3 amide bonds. The molecule has 4 rings (SSSR count). The highest BCUT2D eigenvalue weighted by Crippen LogP contribution is 2.19. The summed E-state index contributed by atoms with van der Waals surface area (Å²) >= 11 is 0. The van der Waals surface area contributed by atoms with Crippen LogP contribution in [0.15, 0.2) is 58.9 Å². The maximum atomic E-state index is 12.9. The Hall–Kier alpha value is -3.55. The van der Waals surface area contributed by atoms with Crippen LogP contribution in [0.5, 0.6) is 0 Å². The molecular formula is C21H22N4O4.